The minimum Gasteiger partial charge on any atom is -0.495 e. The van der Waals surface area contributed by atoms with Crippen molar-refractivity contribution in [3.05, 3.63) is 61.8 Å². The zero-order chi connectivity index (χ0) is 14.9. The second-order valence-electron chi connectivity index (χ2n) is 4.15. The van der Waals surface area contributed by atoms with E-state index in [1.165, 1.54) is 19.2 Å². The molecule has 0 aliphatic carbocycles. The van der Waals surface area contributed by atoms with Gasteiger partial charge in [0.2, 0.25) is 0 Å². The molecule has 0 bridgehead atoms. The van der Waals surface area contributed by atoms with Crippen molar-refractivity contribution in [2.45, 2.75) is 6.04 Å². The van der Waals surface area contributed by atoms with E-state index in [0.29, 0.717) is 26.4 Å². The Morgan fingerprint density at radius 2 is 1.90 bits per heavy atom. The SMILES string of the molecule is COc1c(Br)cc(Cl)cc1C(N)c1ccc(F)cc1Cl. The van der Waals surface area contributed by atoms with Gasteiger partial charge >= 0.3 is 0 Å². The standard InChI is InChI=1S/C14H11BrCl2FNO/c1-20-14-10(4-7(16)5-11(14)15)13(19)9-3-2-8(18)6-12(9)17/h2-6,13H,19H2,1H3. The molecule has 0 aromatic heterocycles. The van der Waals surface area contributed by atoms with Gasteiger partial charge in [0.25, 0.3) is 0 Å². The summed E-state index contributed by atoms with van der Waals surface area (Å²) in [6.07, 6.45) is 0. The van der Waals surface area contributed by atoms with Crippen LogP contribution < -0.4 is 10.5 Å². The van der Waals surface area contributed by atoms with E-state index in [4.69, 9.17) is 33.7 Å². The van der Waals surface area contributed by atoms with Crippen molar-refractivity contribution in [1.82, 2.24) is 0 Å². The van der Waals surface area contributed by atoms with Crippen molar-refractivity contribution in [3.63, 3.8) is 0 Å². The average molecular weight is 379 g/mol. The summed E-state index contributed by atoms with van der Waals surface area (Å²) in [4.78, 5) is 0. The summed E-state index contributed by atoms with van der Waals surface area (Å²) in [6, 6.07) is 6.93. The van der Waals surface area contributed by atoms with Gasteiger partial charge in [-0.2, -0.15) is 0 Å². The fourth-order valence-corrected chi connectivity index (χ4v) is 3.23. The van der Waals surface area contributed by atoms with Gasteiger partial charge in [-0.1, -0.05) is 29.3 Å². The molecule has 2 nitrogen and oxygen atoms in total. The molecule has 0 amide bonds. The topological polar surface area (TPSA) is 35.2 Å². The van der Waals surface area contributed by atoms with Crippen LogP contribution in [-0.4, -0.2) is 7.11 Å². The van der Waals surface area contributed by atoms with Crippen LogP contribution in [0, 0.1) is 5.82 Å². The number of halogens is 4. The molecule has 0 aliphatic rings. The van der Waals surface area contributed by atoms with Gasteiger partial charge in [-0.05, 0) is 45.8 Å². The van der Waals surface area contributed by atoms with E-state index in [-0.39, 0.29) is 5.02 Å². The normalized spacial score (nSPS) is 12.3. The molecule has 0 fully saturated rings. The molecule has 0 radical (unpaired) electrons. The maximum absolute atomic E-state index is 13.1. The lowest BCUT2D eigenvalue weighted by Crippen LogP contribution is -2.14. The smallest absolute Gasteiger partial charge is 0.138 e. The van der Waals surface area contributed by atoms with Crippen LogP contribution in [0.5, 0.6) is 5.75 Å². The van der Waals surface area contributed by atoms with E-state index in [1.54, 1.807) is 18.2 Å². The summed E-state index contributed by atoms with van der Waals surface area (Å²) >= 11 is 15.5. The molecule has 6 heteroatoms. The van der Waals surface area contributed by atoms with Gasteiger partial charge in [-0.3, -0.25) is 0 Å². The summed E-state index contributed by atoms with van der Waals surface area (Å²) in [6.45, 7) is 0. The van der Waals surface area contributed by atoms with E-state index in [1.807, 2.05) is 0 Å². The molecule has 2 aromatic carbocycles. The first-order valence-corrected chi connectivity index (χ1v) is 7.22. The monoisotopic (exact) mass is 377 g/mol. The van der Waals surface area contributed by atoms with Crippen LogP contribution in [-0.2, 0) is 0 Å². The van der Waals surface area contributed by atoms with Crippen LogP contribution in [0.2, 0.25) is 10.0 Å². The molecular formula is C14H11BrCl2FNO. The van der Waals surface area contributed by atoms with Crippen molar-refractivity contribution in [3.8, 4) is 5.75 Å². The van der Waals surface area contributed by atoms with Gasteiger partial charge < -0.3 is 10.5 Å². The second-order valence-corrected chi connectivity index (χ2v) is 5.85. The summed E-state index contributed by atoms with van der Waals surface area (Å²) in [7, 11) is 1.54. The molecule has 1 unspecified atom stereocenters. The summed E-state index contributed by atoms with van der Waals surface area (Å²) in [5.41, 5.74) is 7.48. The van der Waals surface area contributed by atoms with E-state index in [0.717, 1.165) is 0 Å². The highest BCUT2D eigenvalue weighted by Crippen LogP contribution is 2.38. The predicted molar refractivity (Wildman–Crippen MR) is 83.1 cm³/mol. The molecule has 2 aromatic rings. The van der Waals surface area contributed by atoms with Crippen molar-refractivity contribution < 1.29 is 9.13 Å². The van der Waals surface area contributed by atoms with Crippen LogP contribution >= 0.6 is 39.1 Å². The number of ether oxygens (including phenoxy) is 1. The lowest BCUT2D eigenvalue weighted by molar-refractivity contribution is 0.405. The Kier molecular flexibility index (Phi) is 4.91. The first kappa shape index (κ1) is 15.6. The van der Waals surface area contributed by atoms with E-state index >= 15 is 0 Å². The first-order valence-electron chi connectivity index (χ1n) is 5.67. The molecule has 0 spiro atoms. The zero-order valence-electron chi connectivity index (χ0n) is 10.5. The number of hydrogen-bond donors (Lipinski definition) is 1. The summed E-state index contributed by atoms with van der Waals surface area (Å²) in [5, 5.41) is 0.775. The second kappa shape index (κ2) is 6.31. The van der Waals surface area contributed by atoms with Gasteiger partial charge in [0.15, 0.2) is 0 Å². The fourth-order valence-electron chi connectivity index (χ4n) is 1.95. The highest BCUT2D eigenvalue weighted by Gasteiger charge is 2.19. The maximum Gasteiger partial charge on any atom is 0.138 e. The number of rotatable bonds is 3. The van der Waals surface area contributed by atoms with E-state index in [9.17, 15) is 4.39 Å². The number of benzene rings is 2. The third-order valence-corrected chi connectivity index (χ3v) is 4.01. The first-order chi connectivity index (χ1) is 9.43. The third kappa shape index (κ3) is 3.09. The lowest BCUT2D eigenvalue weighted by Gasteiger charge is -2.19. The Balaban J connectivity index is 2.55. The van der Waals surface area contributed by atoms with E-state index in [2.05, 4.69) is 15.9 Å². The number of nitrogens with two attached hydrogens (primary N) is 1. The van der Waals surface area contributed by atoms with E-state index < -0.39 is 11.9 Å². The Morgan fingerprint density at radius 1 is 1.20 bits per heavy atom. The minimum absolute atomic E-state index is 0.260. The minimum atomic E-state index is -0.576. The third-order valence-electron chi connectivity index (χ3n) is 2.87. The summed E-state index contributed by atoms with van der Waals surface area (Å²) in [5.74, 6) is 0.160. The van der Waals surface area contributed by atoms with Gasteiger partial charge in [0, 0.05) is 15.6 Å². The van der Waals surface area contributed by atoms with Gasteiger partial charge in [-0.25, -0.2) is 4.39 Å². The largest absolute Gasteiger partial charge is 0.495 e. The number of methoxy groups -OCH3 is 1. The zero-order valence-corrected chi connectivity index (χ0v) is 13.6. The van der Waals surface area contributed by atoms with Crippen LogP contribution in [0.1, 0.15) is 17.2 Å². The Hall–Kier alpha value is -0.810. The lowest BCUT2D eigenvalue weighted by atomic mass is 9.98. The van der Waals surface area contributed by atoms with Crippen molar-refractivity contribution in [2.24, 2.45) is 5.73 Å². The predicted octanol–water partition coefficient (Wildman–Crippen LogP) is 4.95. The molecule has 106 valence electrons. The highest BCUT2D eigenvalue weighted by atomic mass is 79.9. The van der Waals surface area contributed by atoms with Gasteiger partial charge in [0.05, 0.1) is 17.6 Å². The molecule has 2 rings (SSSR count). The summed E-state index contributed by atoms with van der Waals surface area (Å²) < 4.78 is 19.1. The average Bonchev–Trinajstić information content (AvgIpc) is 2.37. The molecular weight excluding hydrogens is 368 g/mol. The fraction of sp³-hybridized carbons (Fsp3) is 0.143. The molecule has 0 saturated carbocycles. The number of hydrogen-bond acceptors (Lipinski definition) is 2. The van der Waals surface area contributed by atoms with Gasteiger partial charge in [0.1, 0.15) is 11.6 Å². The van der Waals surface area contributed by atoms with Crippen LogP contribution in [0.15, 0.2) is 34.8 Å². The highest BCUT2D eigenvalue weighted by molar-refractivity contribution is 9.10. The Bertz CT molecular complexity index is 651. The molecule has 1 atom stereocenters. The van der Waals surface area contributed by atoms with Gasteiger partial charge in [-0.15, -0.1) is 0 Å². The molecule has 2 N–H and O–H groups in total. The Morgan fingerprint density at radius 3 is 2.50 bits per heavy atom. The molecule has 0 heterocycles. The van der Waals surface area contributed by atoms with Crippen molar-refractivity contribution in [1.29, 1.82) is 0 Å². The van der Waals surface area contributed by atoms with Crippen LogP contribution in [0.3, 0.4) is 0 Å². The van der Waals surface area contributed by atoms with Crippen molar-refractivity contribution in [2.75, 3.05) is 7.11 Å². The van der Waals surface area contributed by atoms with Crippen molar-refractivity contribution >= 4 is 39.1 Å². The quantitative estimate of drug-likeness (QED) is 0.819. The molecule has 20 heavy (non-hydrogen) atoms. The van der Waals surface area contributed by atoms with Crippen LogP contribution in [0.4, 0.5) is 4.39 Å². The van der Waals surface area contributed by atoms with Crippen LogP contribution in [0.25, 0.3) is 0 Å². The molecule has 0 aliphatic heterocycles. The maximum atomic E-state index is 13.1. The Labute approximate surface area is 134 Å². The molecule has 0 saturated heterocycles.